The summed E-state index contributed by atoms with van der Waals surface area (Å²) in [4.78, 5) is 25.2. The van der Waals surface area contributed by atoms with E-state index in [0.29, 0.717) is 23.4 Å². The first kappa shape index (κ1) is 22.4. The Morgan fingerprint density at radius 3 is 2.70 bits per heavy atom. The van der Waals surface area contributed by atoms with Crippen LogP contribution in [-0.4, -0.2) is 33.3 Å². The molecule has 3 aromatic rings. The van der Waals surface area contributed by atoms with Gasteiger partial charge in [0, 0.05) is 35.4 Å². The third kappa shape index (κ3) is 4.85. The molecule has 0 bridgehead atoms. The minimum atomic E-state index is -0.475. The lowest BCUT2D eigenvalue weighted by Crippen LogP contribution is -2.32. The van der Waals surface area contributed by atoms with Crippen molar-refractivity contribution in [1.29, 1.82) is 0 Å². The Balaban J connectivity index is 1.63. The highest BCUT2D eigenvalue weighted by atomic mass is 19.1. The second kappa shape index (κ2) is 9.38. The van der Waals surface area contributed by atoms with Crippen LogP contribution in [0.1, 0.15) is 29.2 Å². The van der Waals surface area contributed by atoms with Crippen molar-refractivity contribution in [2.24, 2.45) is 0 Å². The lowest BCUT2D eigenvalue weighted by atomic mass is 9.86. The standard InChI is InChI=1S/C25H25FN4O3/c1-15-3-4-18(23-11-16(2)29-30(23)9-10-31)12-22(15)28-25(33)21-14-27-24(32)13-20(21)17-5-7-19(26)8-6-17/h3-8,11-12,14,20,31H,9-10,13H2,1-2H3,(H,27,32)(H,28,33)/t20-/m0/s1. The molecule has 3 N–H and O–H groups in total. The molecule has 1 aliphatic heterocycles. The summed E-state index contributed by atoms with van der Waals surface area (Å²) in [6.07, 6.45) is 1.53. The molecule has 0 saturated heterocycles. The van der Waals surface area contributed by atoms with Crippen molar-refractivity contribution in [3.8, 4) is 11.3 Å². The van der Waals surface area contributed by atoms with Crippen LogP contribution in [0.15, 0.2) is 60.3 Å². The summed E-state index contributed by atoms with van der Waals surface area (Å²) in [5, 5.41) is 19.3. The predicted molar refractivity (Wildman–Crippen MR) is 123 cm³/mol. The summed E-state index contributed by atoms with van der Waals surface area (Å²) in [7, 11) is 0. The van der Waals surface area contributed by atoms with Gasteiger partial charge in [0.2, 0.25) is 5.91 Å². The first-order valence-electron chi connectivity index (χ1n) is 10.7. The maximum atomic E-state index is 13.4. The zero-order valence-electron chi connectivity index (χ0n) is 18.4. The Hall–Kier alpha value is -3.78. The number of halogens is 1. The fourth-order valence-electron chi connectivity index (χ4n) is 3.98. The van der Waals surface area contributed by atoms with Crippen molar-refractivity contribution in [1.82, 2.24) is 15.1 Å². The zero-order chi connectivity index (χ0) is 23.5. The molecule has 0 saturated carbocycles. The number of nitrogens with one attached hydrogen (secondary N) is 2. The van der Waals surface area contributed by atoms with Crippen LogP contribution in [0.4, 0.5) is 10.1 Å². The largest absolute Gasteiger partial charge is 0.394 e. The van der Waals surface area contributed by atoms with E-state index in [1.165, 1.54) is 18.3 Å². The Morgan fingerprint density at radius 1 is 1.21 bits per heavy atom. The molecular formula is C25H25FN4O3. The number of carbonyl (C=O) groups is 2. The van der Waals surface area contributed by atoms with Crippen LogP contribution in [0.5, 0.6) is 0 Å². The second-order valence-corrected chi connectivity index (χ2v) is 8.08. The summed E-state index contributed by atoms with van der Waals surface area (Å²) >= 11 is 0. The van der Waals surface area contributed by atoms with Crippen molar-refractivity contribution in [2.75, 3.05) is 11.9 Å². The topological polar surface area (TPSA) is 96.2 Å². The molecule has 8 heteroatoms. The van der Waals surface area contributed by atoms with E-state index < -0.39 is 5.92 Å². The minimum Gasteiger partial charge on any atom is -0.394 e. The van der Waals surface area contributed by atoms with Crippen molar-refractivity contribution >= 4 is 17.5 Å². The van der Waals surface area contributed by atoms with Gasteiger partial charge in [0.15, 0.2) is 0 Å². The summed E-state index contributed by atoms with van der Waals surface area (Å²) < 4.78 is 15.1. The molecule has 0 aliphatic carbocycles. The molecule has 2 heterocycles. The molecule has 2 amide bonds. The molecule has 33 heavy (non-hydrogen) atoms. The molecule has 4 rings (SSSR count). The number of aryl methyl sites for hydroxylation is 2. The number of anilines is 1. The molecular weight excluding hydrogens is 423 g/mol. The van der Waals surface area contributed by atoms with E-state index in [2.05, 4.69) is 15.7 Å². The van der Waals surface area contributed by atoms with E-state index in [4.69, 9.17) is 0 Å². The highest BCUT2D eigenvalue weighted by Crippen LogP contribution is 2.32. The lowest BCUT2D eigenvalue weighted by Gasteiger charge is -2.24. The maximum absolute atomic E-state index is 13.4. The quantitative estimate of drug-likeness (QED) is 0.538. The minimum absolute atomic E-state index is 0.0335. The van der Waals surface area contributed by atoms with Crippen LogP contribution in [0.25, 0.3) is 11.3 Å². The van der Waals surface area contributed by atoms with Gasteiger partial charge in [-0.3, -0.25) is 14.3 Å². The average molecular weight is 448 g/mol. The van der Waals surface area contributed by atoms with Gasteiger partial charge in [0.05, 0.1) is 24.5 Å². The van der Waals surface area contributed by atoms with E-state index in [0.717, 1.165) is 22.5 Å². The van der Waals surface area contributed by atoms with Gasteiger partial charge in [-0.05, 0) is 49.2 Å². The van der Waals surface area contributed by atoms with Crippen LogP contribution < -0.4 is 10.6 Å². The fourth-order valence-corrected chi connectivity index (χ4v) is 3.98. The number of hydrogen-bond donors (Lipinski definition) is 3. The smallest absolute Gasteiger partial charge is 0.253 e. The van der Waals surface area contributed by atoms with Gasteiger partial charge in [-0.2, -0.15) is 5.10 Å². The molecule has 1 atom stereocenters. The maximum Gasteiger partial charge on any atom is 0.253 e. The number of aromatic nitrogens is 2. The van der Waals surface area contributed by atoms with Crippen molar-refractivity contribution in [3.05, 3.63) is 82.9 Å². The van der Waals surface area contributed by atoms with Gasteiger partial charge >= 0.3 is 0 Å². The third-order valence-electron chi connectivity index (χ3n) is 5.68. The Morgan fingerprint density at radius 2 is 1.97 bits per heavy atom. The Labute approximate surface area is 190 Å². The van der Waals surface area contributed by atoms with E-state index in [-0.39, 0.29) is 30.7 Å². The third-order valence-corrected chi connectivity index (χ3v) is 5.68. The van der Waals surface area contributed by atoms with Crippen molar-refractivity contribution in [3.63, 3.8) is 0 Å². The first-order chi connectivity index (χ1) is 15.9. The Kier molecular flexibility index (Phi) is 6.37. The van der Waals surface area contributed by atoms with Crippen LogP contribution in [-0.2, 0) is 16.1 Å². The molecule has 0 fully saturated rings. The number of benzene rings is 2. The van der Waals surface area contributed by atoms with E-state index in [1.54, 1.807) is 16.8 Å². The average Bonchev–Trinajstić information content (AvgIpc) is 3.16. The Bertz CT molecular complexity index is 1230. The zero-order valence-corrected chi connectivity index (χ0v) is 18.4. The molecule has 0 radical (unpaired) electrons. The number of nitrogens with zero attached hydrogens (tertiary/aromatic N) is 2. The predicted octanol–water partition coefficient (Wildman–Crippen LogP) is 3.42. The summed E-state index contributed by atoms with van der Waals surface area (Å²) in [6, 6.07) is 13.5. The van der Waals surface area contributed by atoms with Gasteiger partial charge < -0.3 is 15.7 Å². The van der Waals surface area contributed by atoms with Gasteiger partial charge in [-0.25, -0.2) is 4.39 Å². The van der Waals surface area contributed by atoms with Crippen LogP contribution in [0, 0.1) is 19.7 Å². The first-order valence-corrected chi connectivity index (χ1v) is 10.7. The SMILES string of the molecule is Cc1cc(-c2ccc(C)c(NC(=O)C3=CNC(=O)C[C@H]3c3ccc(F)cc3)c2)n(CCO)n1. The molecule has 2 aromatic carbocycles. The van der Waals surface area contributed by atoms with E-state index in [9.17, 15) is 19.1 Å². The number of aliphatic hydroxyl groups excluding tert-OH is 1. The molecule has 1 aliphatic rings. The summed E-state index contributed by atoms with van der Waals surface area (Å²) in [5.74, 6) is -1.40. The molecule has 7 nitrogen and oxygen atoms in total. The monoisotopic (exact) mass is 448 g/mol. The molecule has 0 unspecified atom stereocenters. The van der Waals surface area contributed by atoms with Crippen LogP contribution in [0.2, 0.25) is 0 Å². The highest BCUT2D eigenvalue weighted by Gasteiger charge is 2.29. The number of rotatable bonds is 6. The summed E-state index contributed by atoms with van der Waals surface area (Å²) in [5.41, 5.74) is 5.11. The summed E-state index contributed by atoms with van der Waals surface area (Å²) in [6.45, 7) is 4.11. The van der Waals surface area contributed by atoms with Crippen molar-refractivity contribution in [2.45, 2.75) is 32.7 Å². The number of aliphatic hydroxyl groups is 1. The second-order valence-electron chi connectivity index (χ2n) is 8.08. The molecule has 0 spiro atoms. The fraction of sp³-hybridized carbons (Fsp3) is 0.240. The van der Waals surface area contributed by atoms with E-state index >= 15 is 0 Å². The highest BCUT2D eigenvalue weighted by molar-refractivity contribution is 6.07. The van der Waals surface area contributed by atoms with Gasteiger partial charge in [0.25, 0.3) is 5.91 Å². The van der Waals surface area contributed by atoms with Gasteiger partial charge in [-0.1, -0.05) is 24.3 Å². The van der Waals surface area contributed by atoms with Crippen LogP contribution in [0.3, 0.4) is 0 Å². The molecule has 170 valence electrons. The number of hydrogen-bond acceptors (Lipinski definition) is 4. The van der Waals surface area contributed by atoms with E-state index in [1.807, 2.05) is 38.1 Å². The number of amides is 2. The lowest BCUT2D eigenvalue weighted by molar-refractivity contribution is -0.121. The van der Waals surface area contributed by atoms with Crippen LogP contribution >= 0.6 is 0 Å². The van der Waals surface area contributed by atoms with Gasteiger partial charge in [-0.15, -0.1) is 0 Å². The van der Waals surface area contributed by atoms with Crippen molar-refractivity contribution < 1.29 is 19.1 Å². The number of carbonyl (C=O) groups excluding carboxylic acids is 2. The molecule has 1 aromatic heterocycles. The normalized spacial score (nSPS) is 15.7. The van der Waals surface area contributed by atoms with Gasteiger partial charge in [0.1, 0.15) is 5.82 Å².